The van der Waals surface area contributed by atoms with Gasteiger partial charge in [0.2, 0.25) is 0 Å². The first-order chi connectivity index (χ1) is 9.56. The second-order valence-electron chi connectivity index (χ2n) is 3.89. The molecule has 0 aliphatic heterocycles. The highest BCUT2D eigenvalue weighted by Gasteiger charge is 2.13. The third-order valence-electron chi connectivity index (χ3n) is 2.41. The van der Waals surface area contributed by atoms with Crippen LogP contribution in [0.3, 0.4) is 0 Å². The Balaban J connectivity index is 2.03. The van der Waals surface area contributed by atoms with Gasteiger partial charge in [-0.05, 0) is 18.2 Å². The van der Waals surface area contributed by atoms with Crippen LogP contribution >= 0.6 is 0 Å². The number of anilines is 1. The molecule has 2 rings (SSSR count). The molecule has 102 valence electrons. The van der Waals surface area contributed by atoms with Crippen LogP contribution in [0.1, 0.15) is 10.4 Å². The van der Waals surface area contributed by atoms with E-state index in [0.29, 0.717) is 0 Å². The van der Waals surface area contributed by atoms with Crippen LogP contribution in [0, 0.1) is 0 Å². The summed E-state index contributed by atoms with van der Waals surface area (Å²) in [4.78, 5) is 38.1. The summed E-state index contributed by atoms with van der Waals surface area (Å²) in [5.41, 5.74) is 4.89. The molecule has 0 bridgehead atoms. The molecule has 1 aromatic carbocycles. The molecule has 0 atom stereocenters. The number of carbonyl (C=O) groups excluding carboxylic acids is 2. The second-order valence-corrected chi connectivity index (χ2v) is 3.89. The van der Waals surface area contributed by atoms with Crippen LogP contribution in [-0.2, 0) is 16.1 Å². The lowest BCUT2D eigenvalue weighted by Gasteiger charge is -2.05. The van der Waals surface area contributed by atoms with Gasteiger partial charge in [-0.1, -0.05) is 18.2 Å². The van der Waals surface area contributed by atoms with E-state index in [9.17, 15) is 14.4 Å². The zero-order chi connectivity index (χ0) is 14.5. The van der Waals surface area contributed by atoms with Crippen LogP contribution in [0.2, 0.25) is 0 Å². The maximum atomic E-state index is 11.6. The monoisotopic (exact) mass is 273 g/mol. The van der Waals surface area contributed by atoms with E-state index < -0.39 is 24.2 Å². The van der Waals surface area contributed by atoms with Gasteiger partial charge in [0.15, 0.2) is 0 Å². The average molecular weight is 273 g/mol. The molecule has 7 heteroatoms. The van der Waals surface area contributed by atoms with Crippen LogP contribution in [0.25, 0.3) is 0 Å². The Hall–Kier alpha value is -2.96. The summed E-state index contributed by atoms with van der Waals surface area (Å²) in [6.45, 7) is -0.412. The fourth-order valence-corrected chi connectivity index (χ4v) is 1.47. The number of hydrogen-bond donors (Lipinski definition) is 1. The lowest BCUT2D eigenvalue weighted by molar-refractivity contribution is -0.138. The van der Waals surface area contributed by atoms with E-state index in [2.05, 4.69) is 9.72 Å². The average Bonchev–Trinajstić information content (AvgIpc) is 2.43. The number of esters is 2. The molecule has 0 aliphatic carbocycles. The molecule has 7 nitrogen and oxygen atoms in total. The predicted molar refractivity (Wildman–Crippen MR) is 69.8 cm³/mol. The van der Waals surface area contributed by atoms with E-state index in [4.69, 9.17) is 5.73 Å². The van der Waals surface area contributed by atoms with E-state index in [1.807, 2.05) is 0 Å². The van der Waals surface area contributed by atoms with E-state index in [1.54, 1.807) is 18.2 Å². The standard InChI is InChI=1S/C13H11N3O4/c14-10-6-7-16(13(19)15-10)8-11(17)20-12(18)9-4-2-1-3-5-9/h1-7H,8H2,(H2,14,15,19). The quantitative estimate of drug-likeness (QED) is 0.633. The fourth-order valence-electron chi connectivity index (χ4n) is 1.47. The molecule has 0 fully saturated rings. The van der Waals surface area contributed by atoms with Crippen molar-refractivity contribution in [2.45, 2.75) is 6.54 Å². The molecular formula is C13H11N3O4. The van der Waals surface area contributed by atoms with Gasteiger partial charge in [-0.2, -0.15) is 4.98 Å². The third kappa shape index (κ3) is 3.29. The summed E-state index contributed by atoms with van der Waals surface area (Å²) in [6.07, 6.45) is 1.30. The molecule has 0 saturated heterocycles. The van der Waals surface area contributed by atoms with Crippen LogP contribution in [0.5, 0.6) is 0 Å². The molecular weight excluding hydrogens is 262 g/mol. The van der Waals surface area contributed by atoms with Gasteiger partial charge >= 0.3 is 17.6 Å². The SMILES string of the molecule is Nc1ccn(CC(=O)OC(=O)c2ccccc2)c(=O)n1. The van der Waals surface area contributed by atoms with E-state index in [1.165, 1.54) is 24.4 Å². The first kappa shape index (κ1) is 13.5. The second kappa shape index (κ2) is 5.79. The Kier molecular flexibility index (Phi) is 3.90. The summed E-state index contributed by atoms with van der Waals surface area (Å²) in [5.74, 6) is -1.57. The number of rotatable bonds is 3. The highest BCUT2D eigenvalue weighted by atomic mass is 16.6. The molecule has 1 aromatic heterocycles. The van der Waals surface area contributed by atoms with Gasteiger partial charge in [0.25, 0.3) is 0 Å². The molecule has 0 aliphatic rings. The number of carbonyl (C=O) groups is 2. The van der Waals surface area contributed by atoms with Crippen molar-refractivity contribution >= 4 is 17.8 Å². The number of benzene rings is 1. The van der Waals surface area contributed by atoms with Crippen molar-refractivity contribution in [3.8, 4) is 0 Å². The van der Waals surface area contributed by atoms with Crippen LogP contribution < -0.4 is 11.4 Å². The minimum absolute atomic E-state index is 0.0555. The summed E-state index contributed by atoms with van der Waals surface area (Å²) < 4.78 is 5.63. The highest BCUT2D eigenvalue weighted by molar-refractivity contribution is 5.96. The van der Waals surface area contributed by atoms with Crippen LogP contribution in [0.15, 0.2) is 47.4 Å². The number of ether oxygens (including phenoxy) is 1. The van der Waals surface area contributed by atoms with Gasteiger partial charge in [0, 0.05) is 6.20 Å². The number of nitrogens with zero attached hydrogens (tertiary/aromatic N) is 2. The van der Waals surface area contributed by atoms with Crippen molar-refractivity contribution in [3.05, 3.63) is 58.6 Å². The minimum Gasteiger partial charge on any atom is -0.388 e. The Bertz CT molecular complexity index is 694. The molecule has 0 radical (unpaired) electrons. The molecule has 20 heavy (non-hydrogen) atoms. The molecule has 0 amide bonds. The lowest BCUT2D eigenvalue weighted by Crippen LogP contribution is -2.28. The summed E-state index contributed by atoms with van der Waals surface area (Å²) in [6, 6.07) is 9.44. The van der Waals surface area contributed by atoms with Crippen molar-refractivity contribution in [2.24, 2.45) is 0 Å². The zero-order valence-corrected chi connectivity index (χ0v) is 10.4. The van der Waals surface area contributed by atoms with E-state index >= 15 is 0 Å². The highest BCUT2D eigenvalue weighted by Crippen LogP contribution is 2.01. The first-order valence-electron chi connectivity index (χ1n) is 5.69. The Morgan fingerprint density at radius 2 is 1.90 bits per heavy atom. The van der Waals surface area contributed by atoms with Gasteiger partial charge in [-0.15, -0.1) is 0 Å². The number of nitrogens with two attached hydrogens (primary N) is 1. The van der Waals surface area contributed by atoms with E-state index in [-0.39, 0.29) is 11.4 Å². The van der Waals surface area contributed by atoms with E-state index in [0.717, 1.165) is 4.57 Å². The Morgan fingerprint density at radius 3 is 2.55 bits per heavy atom. The molecule has 2 N–H and O–H groups in total. The van der Waals surface area contributed by atoms with Crippen molar-refractivity contribution in [1.82, 2.24) is 9.55 Å². The minimum atomic E-state index is -0.854. The molecule has 2 aromatic rings. The van der Waals surface area contributed by atoms with Gasteiger partial charge in [-0.3, -0.25) is 4.57 Å². The number of aromatic nitrogens is 2. The van der Waals surface area contributed by atoms with Crippen molar-refractivity contribution in [2.75, 3.05) is 5.73 Å². The first-order valence-corrected chi connectivity index (χ1v) is 5.69. The molecule has 0 spiro atoms. The third-order valence-corrected chi connectivity index (χ3v) is 2.41. The summed E-state index contributed by atoms with van der Waals surface area (Å²) in [7, 11) is 0. The van der Waals surface area contributed by atoms with Gasteiger partial charge in [0.05, 0.1) is 5.56 Å². The van der Waals surface area contributed by atoms with Crippen molar-refractivity contribution < 1.29 is 14.3 Å². The van der Waals surface area contributed by atoms with Crippen molar-refractivity contribution in [1.29, 1.82) is 0 Å². The van der Waals surface area contributed by atoms with Crippen molar-refractivity contribution in [3.63, 3.8) is 0 Å². The van der Waals surface area contributed by atoms with Crippen LogP contribution in [-0.4, -0.2) is 21.5 Å². The van der Waals surface area contributed by atoms with Gasteiger partial charge in [-0.25, -0.2) is 14.4 Å². The summed E-state index contributed by atoms with van der Waals surface area (Å²) in [5, 5.41) is 0. The normalized spacial score (nSPS) is 10.0. The molecule has 0 unspecified atom stereocenters. The smallest absolute Gasteiger partial charge is 0.350 e. The Labute approximate surface area is 113 Å². The largest absolute Gasteiger partial charge is 0.388 e. The Morgan fingerprint density at radius 1 is 1.20 bits per heavy atom. The predicted octanol–water partition coefficient (Wildman–Crippen LogP) is 0.209. The molecule has 0 saturated carbocycles. The topological polar surface area (TPSA) is 104 Å². The number of nitrogen functional groups attached to an aromatic ring is 1. The zero-order valence-electron chi connectivity index (χ0n) is 10.4. The number of hydrogen-bond acceptors (Lipinski definition) is 6. The van der Waals surface area contributed by atoms with Gasteiger partial charge < -0.3 is 10.5 Å². The van der Waals surface area contributed by atoms with Crippen LogP contribution in [0.4, 0.5) is 5.82 Å². The maximum absolute atomic E-state index is 11.6. The lowest BCUT2D eigenvalue weighted by atomic mass is 10.2. The van der Waals surface area contributed by atoms with Gasteiger partial charge in [0.1, 0.15) is 12.4 Å². The molecule has 1 heterocycles. The fraction of sp³-hybridized carbons (Fsp3) is 0.0769. The summed E-state index contributed by atoms with van der Waals surface area (Å²) >= 11 is 0. The maximum Gasteiger partial charge on any atom is 0.350 e.